The van der Waals surface area contributed by atoms with Crippen LogP contribution in [-0.4, -0.2) is 72.4 Å². The van der Waals surface area contributed by atoms with Crippen LogP contribution in [0.5, 0.6) is 0 Å². The molecule has 0 aromatic rings. The van der Waals surface area contributed by atoms with E-state index < -0.39 is 10.8 Å². The first-order valence-electron chi connectivity index (χ1n) is 18.8. The summed E-state index contributed by atoms with van der Waals surface area (Å²) in [5.41, 5.74) is 0.512. The second kappa shape index (κ2) is 11.8. The fraction of sp³-hybridized carbons (Fsp3) is 0.825. The number of ether oxygens (including phenoxy) is 1. The van der Waals surface area contributed by atoms with E-state index in [9.17, 15) is 24.0 Å². The highest BCUT2D eigenvalue weighted by molar-refractivity contribution is 6.07. The fourth-order valence-corrected chi connectivity index (χ4v) is 12.6. The Labute approximate surface area is 288 Å². The lowest BCUT2D eigenvalue weighted by Gasteiger charge is -2.68. The Bertz CT molecular complexity index is 1430. The summed E-state index contributed by atoms with van der Waals surface area (Å²) in [7, 11) is 1.79. The molecule has 0 aromatic carbocycles. The van der Waals surface area contributed by atoms with E-state index in [1.807, 2.05) is 0 Å². The number of carbonyl (C=O) groups excluding carboxylic acids is 5. The third-order valence-electron chi connectivity index (χ3n) is 14.9. The quantitative estimate of drug-likeness (QED) is 0.241. The minimum Gasteiger partial charge on any atom is -0.462 e. The smallest absolute Gasteiger partial charge is 0.307 e. The number of Topliss-reactive ketones (excluding diaryl/α,β-unsaturated/α-hetero) is 1. The number of ketones is 1. The van der Waals surface area contributed by atoms with Crippen LogP contribution in [0.15, 0.2) is 11.1 Å². The molecule has 1 aliphatic heterocycles. The largest absolute Gasteiger partial charge is 0.462 e. The lowest BCUT2D eigenvalue weighted by molar-refractivity contribution is -0.213. The Morgan fingerprint density at radius 3 is 2.27 bits per heavy atom. The molecule has 48 heavy (non-hydrogen) atoms. The number of likely N-dealkylation sites (N-methyl/N-ethyl adjacent to an activating group) is 1. The van der Waals surface area contributed by atoms with Crippen LogP contribution >= 0.6 is 0 Å². The predicted octanol–water partition coefficient (Wildman–Crippen LogP) is 6.40. The van der Waals surface area contributed by atoms with E-state index in [-0.39, 0.29) is 77.1 Å². The number of hydrogen-bond donors (Lipinski definition) is 0. The normalized spacial score (nSPS) is 39.4. The lowest BCUT2D eigenvalue weighted by atomic mass is 9.36. The Balaban J connectivity index is 1.29. The molecule has 0 bridgehead atoms. The summed E-state index contributed by atoms with van der Waals surface area (Å²) < 4.78 is 6.18. The molecule has 266 valence electrons. The third kappa shape index (κ3) is 5.23. The van der Waals surface area contributed by atoms with Gasteiger partial charge in [-0.3, -0.25) is 19.2 Å². The van der Waals surface area contributed by atoms with Gasteiger partial charge in [0.25, 0.3) is 0 Å². The molecule has 8 heteroatoms. The molecule has 8 nitrogen and oxygen atoms in total. The van der Waals surface area contributed by atoms with Crippen LogP contribution in [-0.2, 0) is 28.7 Å². The summed E-state index contributed by atoms with van der Waals surface area (Å²) in [6, 6.07) is 0. The zero-order valence-corrected chi connectivity index (χ0v) is 31.1. The van der Waals surface area contributed by atoms with Crippen molar-refractivity contribution >= 4 is 29.9 Å². The highest BCUT2D eigenvalue weighted by Crippen LogP contribution is 2.73. The number of amides is 2. The van der Waals surface area contributed by atoms with Gasteiger partial charge >= 0.3 is 5.97 Å². The topological polar surface area (TPSA) is 101 Å². The molecule has 5 aliphatic carbocycles. The summed E-state index contributed by atoms with van der Waals surface area (Å²) in [6.45, 7) is 18.5. The van der Waals surface area contributed by atoms with E-state index in [1.54, 1.807) is 30.7 Å². The van der Waals surface area contributed by atoms with Gasteiger partial charge in [0.15, 0.2) is 5.78 Å². The monoisotopic (exact) mass is 664 g/mol. The van der Waals surface area contributed by atoms with Crippen LogP contribution in [0, 0.1) is 56.7 Å². The number of hydrogen-bond acceptors (Lipinski definition) is 6. The van der Waals surface area contributed by atoms with E-state index in [0.717, 1.165) is 62.4 Å². The first-order chi connectivity index (χ1) is 22.3. The van der Waals surface area contributed by atoms with Crippen LogP contribution in [0.2, 0.25) is 0 Å². The number of fused-ring (bicyclic) bond motifs is 7. The van der Waals surface area contributed by atoms with E-state index in [2.05, 4.69) is 41.5 Å². The summed E-state index contributed by atoms with van der Waals surface area (Å²) in [6.07, 6.45) is 8.70. The molecule has 6 rings (SSSR count). The van der Waals surface area contributed by atoms with Gasteiger partial charge in [-0.25, -0.2) is 0 Å². The molecule has 8 atom stereocenters. The predicted molar refractivity (Wildman–Crippen MR) is 183 cm³/mol. The second-order valence-electron chi connectivity index (χ2n) is 18.8. The van der Waals surface area contributed by atoms with Crippen LogP contribution < -0.4 is 0 Å². The molecule has 6 unspecified atom stereocenters. The first-order valence-corrected chi connectivity index (χ1v) is 18.8. The number of aldehydes is 1. The van der Waals surface area contributed by atoms with Gasteiger partial charge in [-0.2, -0.15) is 0 Å². The fourth-order valence-electron chi connectivity index (χ4n) is 12.6. The van der Waals surface area contributed by atoms with Gasteiger partial charge < -0.3 is 19.3 Å². The lowest BCUT2D eigenvalue weighted by Crippen LogP contribution is -2.63. The molecule has 1 saturated heterocycles. The highest BCUT2D eigenvalue weighted by atomic mass is 16.5. The maximum absolute atomic E-state index is 14.6. The standard InChI is InChI=1S/C40H60N2O6/c1-24(2)33-27(44)20-40(35(47)42-19-18-41(9)31(45)22-42)17-12-26-25(34(33)40)10-11-29-38(26,7)15-13-28-37(5,6)30(14-16-39(28,29)8)48-32(46)21-36(3,4)23-43/h23-26,28-30H,10-22H2,1-9H3/t25?,26?,28?,29?,30-,38?,39?,40+/m0/s1. The van der Waals surface area contributed by atoms with E-state index in [4.69, 9.17) is 4.74 Å². The van der Waals surface area contributed by atoms with Crippen molar-refractivity contribution in [2.24, 2.45) is 56.7 Å². The second-order valence-corrected chi connectivity index (χ2v) is 18.8. The van der Waals surface area contributed by atoms with Gasteiger partial charge in [0, 0.05) is 37.4 Å². The number of carbonyl (C=O) groups is 5. The summed E-state index contributed by atoms with van der Waals surface area (Å²) in [4.78, 5) is 69.1. The van der Waals surface area contributed by atoms with Crippen molar-refractivity contribution < 1.29 is 28.7 Å². The SMILES string of the molecule is CC(C)C1=C2C3CCC4C(C)(CCC5C4(C)CC[C@H](OC(=O)CC(C)(C)C=O)C5(C)C)C3CC[C@@]2(C(=O)N2CCN(C)C(=O)C2)CC1=O. The molecule has 2 amide bonds. The zero-order chi connectivity index (χ0) is 35.2. The molecular formula is C40H60N2O6. The minimum absolute atomic E-state index is 0.00972. The molecule has 1 heterocycles. The van der Waals surface area contributed by atoms with Crippen LogP contribution in [0.25, 0.3) is 0 Å². The van der Waals surface area contributed by atoms with E-state index >= 15 is 0 Å². The number of rotatable bonds is 6. The highest BCUT2D eigenvalue weighted by Gasteiger charge is 2.68. The average Bonchev–Trinajstić information content (AvgIpc) is 3.32. The van der Waals surface area contributed by atoms with Gasteiger partial charge in [0.2, 0.25) is 11.8 Å². The van der Waals surface area contributed by atoms with Crippen molar-refractivity contribution in [2.45, 2.75) is 126 Å². The van der Waals surface area contributed by atoms with Gasteiger partial charge in [0.1, 0.15) is 12.4 Å². The first kappa shape index (κ1) is 35.3. The van der Waals surface area contributed by atoms with Crippen molar-refractivity contribution in [1.82, 2.24) is 9.80 Å². The summed E-state index contributed by atoms with van der Waals surface area (Å²) in [5.74, 6) is 1.43. The zero-order valence-electron chi connectivity index (χ0n) is 31.1. The molecule has 0 radical (unpaired) electrons. The van der Waals surface area contributed by atoms with Gasteiger partial charge in [-0.1, -0.05) is 55.4 Å². The van der Waals surface area contributed by atoms with Crippen molar-refractivity contribution in [1.29, 1.82) is 0 Å². The summed E-state index contributed by atoms with van der Waals surface area (Å²) >= 11 is 0. The number of piperazine rings is 1. The molecule has 0 spiro atoms. The summed E-state index contributed by atoms with van der Waals surface area (Å²) in [5, 5.41) is 0. The van der Waals surface area contributed by atoms with E-state index in [1.165, 1.54) is 0 Å². The van der Waals surface area contributed by atoms with Crippen LogP contribution in [0.1, 0.15) is 120 Å². The molecule has 5 fully saturated rings. The van der Waals surface area contributed by atoms with Crippen molar-refractivity contribution in [3.63, 3.8) is 0 Å². The Kier molecular flexibility index (Phi) is 8.67. The van der Waals surface area contributed by atoms with Gasteiger partial charge in [-0.15, -0.1) is 0 Å². The average molecular weight is 665 g/mol. The van der Waals surface area contributed by atoms with Crippen molar-refractivity contribution in [3.05, 3.63) is 11.1 Å². The maximum Gasteiger partial charge on any atom is 0.307 e. The Morgan fingerprint density at radius 1 is 0.938 bits per heavy atom. The number of esters is 1. The number of allylic oxidation sites excluding steroid dienone is 1. The molecule has 0 aromatic heterocycles. The molecule has 6 aliphatic rings. The van der Waals surface area contributed by atoms with Crippen LogP contribution in [0.4, 0.5) is 0 Å². The maximum atomic E-state index is 14.6. The number of nitrogens with zero attached hydrogens (tertiary/aromatic N) is 2. The Hall–Kier alpha value is -2.51. The van der Waals surface area contributed by atoms with Crippen LogP contribution in [0.3, 0.4) is 0 Å². The van der Waals surface area contributed by atoms with Crippen molar-refractivity contribution in [3.8, 4) is 0 Å². The van der Waals surface area contributed by atoms with Gasteiger partial charge in [-0.05, 0) is 103 Å². The molecular weight excluding hydrogens is 604 g/mol. The van der Waals surface area contributed by atoms with Gasteiger partial charge in [0.05, 0.1) is 18.4 Å². The molecule has 0 N–H and O–H groups in total. The van der Waals surface area contributed by atoms with E-state index in [0.29, 0.717) is 37.3 Å². The Morgan fingerprint density at radius 2 is 1.62 bits per heavy atom. The minimum atomic E-state index is -0.805. The third-order valence-corrected chi connectivity index (χ3v) is 14.9. The molecule has 4 saturated carbocycles. The van der Waals surface area contributed by atoms with Crippen molar-refractivity contribution in [2.75, 3.05) is 26.7 Å².